The van der Waals surface area contributed by atoms with Crippen LogP contribution in [0, 0.1) is 0 Å². The zero-order chi connectivity index (χ0) is 18.8. The molecule has 0 aliphatic heterocycles. The molecule has 138 valence electrons. The first-order chi connectivity index (χ1) is 12.0. The molecule has 1 aromatic carbocycles. The number of ether oxygens (including phenoxy) is 3. The summed E-state index contributed by atoms with van der Waals surface area (Å²) in [5.41, 5.74) is 0.759. The summed E-state index contributed by atoms with van der Waals surface area (Å²) in [5.74, 6) is -0.692. The van der Waals surface area contributed by atoms with Gasteiger partial charge in [0, 0.05) is 0 Å². The van der Waals surface area contributed by atoms with Crippen LogP contribution in [0.4, 0.5) is 9.59 Å². The minimum atomic E-state index is -0.844. The van der Waals surface area contributed by atoms with Gasteiger partial charge in [0.1, 0.15) is 6.54 Å². The summed E-state index contributed by atoms with van der Waals surface area (Å²) < 4.78 is 14.6. The van der Waals surface area contributed by atoms with Gasteiger partial charge < -0.3 is 14.2 Å². The van der Waals surface area contributed by atoms with E-state index in [0.29, 0.717) is 0 Å². The topological polar surface area (TPSA) is 85.4 Å². The van der Waals surface area contributed by atoms with Crippen molar-refractivity contribution in [1.29, 1.82) is 0 Å². The minimum absolute atomic E-state index is 0.0902. The zero-order valence-electron chi connectivity index (χ0n) is 14.9. The van der Waals surface area contributed by atoms with Crippen molar-refractivity contribution in [2.24, 2.45) is 0 Å². The van der Waals surface area contributed by atoms with E-state index < -0.39 is 30.7 Å². The summed E-state index contributed by atoms with van der Waals surface area (Å²) in [5, 5.41) is 1.96. The molecule has 0 aliphatic carbocycles. The van der Waals surface area contributed by atoms with Crippen LogP contribution in [0.5, 0.6) is 0 Å². The summed E-state index contributed by atoms with van der Waals surface area (Å²) in [6.45, 7) is 4.72. The van der Waals surface area contributed by atoms with Gasteiger partial charge in [-0.2, -0.15) is 0 Å². The Balaban J connectivity index is 3.25. The van der Waals surface area contributed by atoms with E-state index in [4.69, 9.17) is 9.47 Å². The number of hydrogen-bond donors (Lipinski definition) is 0. The predicted molar refractivity (Wildman–Crippen MR) is 89.5 cm³/mol. The average Bonchev–Trinajstić information content (AvgIpc) is 2.61. The van der Waals surface area contributed by atoms with Crippen LogP contribution in [0.3, 0.4) is 0 Å². The summed E-state index contributed by atoms with van der Waals surface area (Å²) >= 11 is 0. The van der Waals surface area contributed by atoms with Crippen LogP contribution < -0.4 is 0 Å². The second-order valence-electron chi connectivity index (χ2n) is 4.96. The van der Waals surface area contributed by atoms with Crippen molar-refractivity contribution in [1.82, 2.24) is 10.0 Å². The SMILES string of the molecule is CCOC(=O)N(CC(=O)OC)N(C(=O)OCC)C(C)c1ccccc1. The summed E-state index contributed by atoms with van der Waals surface area (Å²) in [4.78, 5) is 36.5. The van der Waals surface area contributed by atoms with Crippen molar-refractivity contribution in [2.45, 2.75) is 26.8 Å². The smallest absolute Gasteiger partial charge is 0.429 e. The van der Waals surface area contributed by atoms with Gasteiger partial charge in [0.15, 0.2) is 0 Å². The van der Waals surface area contributed by atoms with E-state index in [0.717, 1.165) is 15.6 Å². The molecule has 0 fully saturated rings. The molecule has 1 atom stereocenters. The van der Waals surface area contributed by atoms with Gasteiger partial charge in [-0.05, 0) is 26.3 Å². The molecule has 1 rings (SSSR count). The third-order valence-corrected chi connectivity index (χ3v) is 3.35. The Morgan fingerprint density at radius 1 is 1.00 bits per heavy atom. The molecule has 0 saturated heterocycles. The molecule has 25 heavy (non-hydrogen) atoms. The quantitative estimate of drug-likeness (QED) is 0.445. The molecule has 0 heterocycles. The van der Waals surface area contributed by atoms with Gasteiger partial charge in [0.25, 0.3) is 0 Å². The van der Waals surface area contributed by atoms with Crippen molar-refractivity contribution >= 4 is 18.2 Å². The highest BCUT2D eigenvalue weighted by Crippen LogP contribution is 2.23. The standard InChI is InChI=1S/C17H24N2O6/c1-5-24-16(21)18(12-15(20)23-4)19(17(22)25-6-2)13(3)14-10-8-7-9-11-14/h7-11,13H,5-6,12H2,1-4H3. The maximum Gasteiger partial charge on any atom is 0.429 e. The first-order valence-corrected chi connectivity index (χ1v) is 7.98. The van der Waals surface area contributed by atoms with Gasteiger partial charge >= 0.3 is 18.2 Å². The van der Waals surface area contributed by atoms with Gasteiger partial charge in [-0.1, -0.05) is 30.3 Å². The van der Waals surface area contributed by atoms with E-state index >= 15 is 0 Å². The van der Waals surface area contributed by atoms with Gasteiger partial charge in [-0.15, -0.1) is 0 Å². The molecule has 1 unspecified atom stereocenters. The lowest BCUT2D eigenvalue weighted by Crippen LogP contribution is -2.53. The van der Waals surface area contributed by atoms with Gasteiger partial charge in [0.05, 0.1) is 26.4 Å². The molecular weight excluding hydrogens is 328 g/mol. The molecule has 0 radical (unpaired) electrons. The number of hydrazine groups is 1. The van der Waals surface area contributed by atoms with Crippen LogP contribution in [0.1, 0.15) is 32.4 Å². The van der Waals surface area contributed by atoms with E-state index in [2.05, 4.69) is 4.74 Å². The van der Waals surface area contributed by atoms with E-state index in [1.165, 1.54) is 7.11 Å². The van der Waals surface area contributed by atoms with E-state index in [1.54, 1.807) is 32.9 Å². The fraction of sp³-hybridized carbons (Fsp3) is 0.471. The van der Waals surface area contributed by atoms with Crippen LogP contribution in [0.15, 0.2) is 30.3 Å². The van der Waals surface area contributed by atoms with Crippen molar-refractivity contribution in [3.63, 3.8) is 0 Å². The highest BCUT2D eigenvalue weighted by atomic mass is 16.6. The lowest BCUT2D eigenvalue weighted by molar-refractivity contribution is -0.146. The number of hydrogen-bond acceptors (Lipinski definition) is 6. The van der Waals surface area contributed by atoms with Crippen LogP contribution >= 0.6 is 0 Å². The van der Waals surface area contributed by atoms with Crippen molar-refractivity contribution < 1.29 is 28.6 Å². The first-order valence-electron chi connectivity index (χ1n) is 7.98. The maximum absolute atomic E-state index is 12.5. The zero-order valence-corrected chi connectivity index (χ0v) is 14.9. The van der Waals surface area contributed by atoms with Gasteiger partial charge in [-0.25, -0.2) is 19.6 Å². The summed E-state index contributed by atoms with van der Waals surface area (Å²) in [6, 6.07) is 8.49. The Kier molecular flexibility index (Phi) is 8.25. The molecule has 0 bridgehead atoms. The maximum atomic E-state index is 12.5. The fourth-order valence-electron chi connectivity index (χ4n) is 2.14. The lowest BCUT2D eigenvalue weighted by Gasteiger charge is -2.36. The Bertz CT molecular complexity index is 578. The Morgan fingerprint density at radius 3 is 2.08 bits per heavy atom. The molecule has 0 N–H and O–H groups in total. The Hall–Kier alpha value is -2.77. The van der Waals surface area contributed by atoms with Gasteiger partial charge in [0.2, 0.25) is 0 Å². The van der Waals surface area contributed by atoms with E-state index in [1.807, 2.05) is 18.2 Å². The molecule has 0 aliphatic rings. The number of amides is 2. The number of esters is 1. The molecule has 1 aromatic rings. The van der Waals surface area contributed by atoms with Crippen LogP contribution in [-0.2, 0) is 19.0 Å². The number of nitrogens with zero attached hydrogens (tertiary/aromatic N) is 2. The fourth-order valence-corrected chi connectivity index (χ4v) is 2.14. The third kappa shape index (κ3) is 5.66. The highest BCUT2D eigenvalue weighted by molar-refractivity contribution is 5.80. The Labute approximate surface area is 147 Å². The normalized spacial score (nSPS) is 11.2. The second kappa shape index (κ2) is 10.2. The van der Waals surface area contributed by atoms with Crippen LogP contribution in [-0.4, -0.2) is 55.0 Å². The highest BCUT2D eigenvalue weighted by Gasteiger charge is 2.35. The van der Waals surface area contributed by atoms with Crippen molar-refractivity contribution in [2.75, 3.05) is 26.9 Å². The predicted octanol–water partition coefficient (Wildman–Crippen LogP) is 2.75. The Morgan fingerprint density at radius 2 is 1.56 bits per heavy atom. The monoisotopic (exact) mass is 352 g/mol. The molecule has 0 saturated carbocycles. The molecule has 2 amide bonds. The molecular formula is C17H24N2O6. The third-order valence-electron chi connectivity index (χ3n) is 3.35. The first kappa shape index (κ1) is 20.3. The number of carbonyl (C=O) groups excluding carboxylic acids is 3. The van der Waals surface area contributed by atoms with Crippen molar-refractivity contribution in [3.05, 3.63) is 35.9 Å². The molecule has 0 spiro atoms. The average molecular weight is 352 g/mol. The molecule has 8 heteroatoms. The van der Waals surface area contributed by atoms with E-state index in [-0.39, 0.29) is 13.2 Å². The second-order valence-corrected chi connectivity index (χ2v) is 4.96. The summed E-state index contributed by atoms with van der Waals surface area (Å²) in [6.07, 6.45) is -1.61. The number of rotatable bonds is 6. The lowest BCUT2D eigenvalue weighted by atomic mass is 10.1. The number of carbonyl (C=O) groups is 3. The number of benzene rings is 1. The van der Waals surface area contributed by atoms with Gasteiger partial charge in [-0.3, -0.25) is 4.79 Å². The largest absolute Gasteiger partial charge is 0.468 e. The minimum Gasteiger partial charge on any atom is -0.468 e. The molecule has 8 nitrogen and oxygen atoms in total. The van der Waals surface area contributed by atoms with Crippen molar-refractivity contribution in [3.8, 4) is 0 Å². The van der Waals surface area contributed by atoms with E-state index in [9.17, 15) is 14.4 Å². The summed E-state index contributed by atoms with van der Waals surface area (Å²) in [7, 11) is 1.20. The van der Waals surface area contributed by atoms with Crippen LogP contribution in [0.25, 0.3) is 0 Å². The van der Waals surface area contributed by atoms with Crippen LogP contribution in [0.2, 0.25) is 0 Å². The molecule has 0 aromatic heterocycles. The number of methoxy groups -OCH3 is 1.